The number of anilines is 3. The van der Waals surface area contributed by atoms with Crippen molar-refractivity contribution in [1.82, 2.24) is 4.98 Å². The monoisotopic (exact) mass is 395 g/mol. The van der Waals surface area contributed by atoms with Crippen molar-refractivity contribution in [3.63, 3.8) is 0 Å². The molecule has 0 aliphatic carbocycles. The highest BCUT2D eigenvalue weighted by molar-refractivity contribution is 6.34. The van der Waals surface area contributed by atoms with E-state index in [0.29, 0.717) is 16.3 Å². The number of aromatic nitrogens is 1. The van der Waals surface area contributed by atoms with Gasteiger partial charge in [0.05, 0.1) is 40.8 Å². The molecule has 0 saturated heterocycles. The average Bonchev–Trinajstić information content (AvgIpc) is 2.74. The highest BCUT2D eigenvalue weighted by Crippen LogP contribution is 2.26. The first-order valence-corrected chi connectivity index (χ1v) is 8.80. The van der Waals surface area contributed by atoms with Crippen LogP contribution in [0, 0.1) is 0 Å². The van der Waals surface area contributed by atoms with Crippen molar-refractivity contribution in [2.24, 2.45) is 0 Å². The summed E-state index contributed by atoms with van der Waals surface area (Å²) in [6, 6.07) is 16.0. The molecule has 1 amide bonds. The average molecular weight is 396 g/mol. The number of benzene rings is 2. The number of hydrogen-bond acceptors (Lipinski definition) is 5. The van der Waals surface area contributed by atoms with Crippen molar-refractivity contribution in [1.29, 1.82) is 0 Å². The minimum atomic E-state index is -0.514. The predicted molar refractivity (Wildman–Crippen MR) is 109 cm³/mol. The summed E-state index contributed by atoms with van der Waals surface area (Å²) in [4.78, 5) is 30.5. The van der Waals surface area contributed by atoms with Crippen molar-refractivity contribution >= 4 is 40.5 Å². The van der Waals surface area contributed by atoms with E-state index in [1.54, 1.807) is 12.3 Å². The van der Waals surface area contributed by atoms with E-state index in [4.69, 9.17) is 16.3 Å². The first-order valence-electron chi connectivity index (χ1n) is 8.42. The van der Waals surface area contributed by atoms with Crippen LogP contribution in [0.15, 0.2) is 67.0 Å². The summed E-state index contributed by atoms with van der Waals surface area (Å²) in [5, 5.41) is 3.03. The molecule has 142 valence electrons. The molecular weight excluding hydrogens is 378 g/mol. The second kappa shape index (κ2) is 8.54. The molecule has 0 saturated carbocycles. The van der Waals surface area contributed by atoms with Gasteiger partial charge >= 0.3 is 5.97 Å². The standard InChI is InChI=1S/C21H18ClN3O3/c1-25(16-6-4-3-5-7-16)17-10-15(12-23-13-17)20(26)24-19-11-14(21(27)28-2)8-9-18(19)22/h3-13H,1-2H3,(H,24,26). The van der Waals surface area contributed by atoms with Crippen molar-refractivity contribution in [3.05, 3.63) is 83.1 Å². The molecule has 6 nitrogen and oxygen atoms in total. The molecule has 0 radical (unpaired) electrons. The van der Waals surface area contributed by atoms with Crippen LogP contribution in [0.25, 0.3) is 0 Å². The molecule has 1 N–H and O–H groups in total. The fourth-order valence-corrected chi connectivity index (χ4v) is 2.76. The molecule has 3 aromatic rings. The quantitative estimate of drug-likeness (QED) is 0.642. The lowest BCUT2D eigenvalue weighted by atomic mass is 10.2. The van der Waals surface area contributed by atoms with E-state index >= 15 is 0 Å². The zero-order valence-corrected chi connectivity index (χ0v) is 16.1. The van der Waals surface area contributed by atoms with Gasteiger partial charge in [0.15, 0.2) is 0 Å². The number of carbonyl (C=O) groups is 2. The van der Waals surface area contributed by atoms with Gasteiger partial charge in [-0.15, -0.1) is 0 Å². The lowest BCUT2D eigenvalue weighted by molar-refractivity contribution is 0.0600. The molecular formula is C21H18ClN3O3. The van der Waals surface area contributed by atoms with Crippen molar-refractivity contribution in [2.75, 3.05) is 24.4 Å². The van der Waals surface area contributed by atoms with Crippen LogP contribution in [-0.4, -0.2) is 31.0 Å². The van der Waals surface area contributed by atoms with Crippen LogP contribution in [0.2, 0.25) is 5.02 Å². The number of pyridine rings is 1. The Morgan fingerprint density at radius 3 is 2.46 bits per heavy atom. The van der Waals surface area contributed by atoms with Crippen molar-refractivity contribution in [2.45, 2.75) is 0 Å². The SMILES string of the molecule is COC(=O)c1ccc(Cl)c(NC(=O)c2cncc(N(C)c3ccccc3)c2)c1. The Labute approximate surface area is 167 Å². The number of methoxy groups -OCH3 is 1. The molecule has 1 aromatic heterocycles. The van der Waals surface area contributed by atoms with Gasteiger partial charge in [-0.05, 0) is 36.4 Å². The summed E-state index contributed by atoms with van der Waals surface area (Å²) in [7, 11) is 3.18. The van der Waals surface area contributed by atoms with Crippen molar-refractivity contribution < 1.29 is 14.3 Å². The van der Waals surface area contributed by atoms with Gasteiger partial charge in [-0.3, -0.25) is 9.78 Å². The van der Waals surface area contributed by atoms with Gasteiger partial charge in [0.25, 0.3) is 5.91 Å². The summed E-state index contributed by atoms with van der Waals surface area (Å²) in [5.74, 6) is -0.903. The van der Waals surface area contributed by atoms with Crippen molar-refractivity contribution in [3.8, 4) is 0 Å². The second-order valence-electron chi connectivity index (χ2n) is 5.97. The smallest absolute Gasteiger partial charge is 0.337 e. The first-order chi connectivity index (χ1) is 13.5. The molecule has 3 rings (SSSR count). The van der Waals surface area contributed by atoms with Gasteiger partial charge in [0.1, 0.15) is 0 Å². The Morgan fingerprint density at radius 1 is 1.00 bits per heavy atom. The number of amides is 1. The third kappa shape index (κ3) is 4.29. The Balaban J connectivity index is 1.83. The van der Waals surface area contributed by atoms with Gasteiger partial charge in [0, 0.05) is 18.9 Å². The summed E-state index contributed by atoms with van der Waals surface area (Å²) < 4.78 is 4.69. The fraction of sp³-hybridized carbons (Fsp3) is 0.0952. The third-order valence-corrected chi connectivity index (χ3v) is 4.48. The topological polar surface area (TPSA) is 71.5 Å². The number of rotatable bonds is 5. The maximum Gasteiger partial charge on any atom is 0.337 e. The molecule has 7 heteroatoms. The molecule has 28 heavy (non-hydrogen) atoms. The molecule has 0 spiro atoms. The van der Waals surface area contributed by atoms with Gasteiger partial charge in [0.2, 0.25) is 0 Å². The summed E-state index contributed by atoms with van der Waals surface area (Å²) >= 11 is 6.15. The molecule has 1 heterocycles. The maximum absolute atomic E-state index is 12.7. The first kappa shape index (κ1) is 19.4. The summed E-state index contributed by atoms with van der Waals surface area (Å²) in [6.07, 6.45) is 3.14. The van der Waals surface area contributed by atoms with E-state index < -0.39 is 5.97 Å². The van der Waals surface area contributed by atoms with E-state index in [1.807, 2.05) is 42.3 Å². The Bertz CT molecular complexity index is 1010. The molecule has 0 bridgehead atoms. The van der Waals surface area contributed by atoms with Gasteiger partial charge < -0.3 is 15.0 Å². The summed E-state index contributed by atoms with van der Waals surface area (Å²) in [5.41, 5.74) is 2.69. The van der Waals surface area contributed by atoms with Crippen LogP contribution in [0.1, 0.15) is 20.7 Å². The molecule has 2 aromatic carbocycles. The normalized spacial score (nSPS) is 10.2. The van der Waals surface area contributed by atoms with E-state index in [9.17, 15) is 9.59 Å². The van der Waals surface area contributed by atoms with Crippen LogP contribution >= 0.6 is 11.6 Å². The second-order valence-corrected chi connectivity index (χ2v) is 6.37. The highest BCUT2D eigenvalue weighted by atomic mass is 35.5. The van der Waals surface area contributed by atoms with Crippen LogP contribution < -0.4 is 10.2 Å². The number of hydrogen-bond donors (Lipinski definition) is 1. The van der Waals surface area contributed by atoms with Gasteiger partial charge in [-0.1, -0.05) is 29.8 Å². The molecule has 0 aliphatic rings. The van der Waals surface area contributed by atoms with E-state index in [0.717, 1.165) is 11.4 Å². The molecule has 0 unspecified atom stereocenters. The van der Waals surface area contributed by atoms with Crippen LogP contribution in [0.5, 0.6) is 0 Å². The number of esters is 1. The number of nitrogens with zero attached hydrogens (tertiary/aromatic N) is 2. The zero-order chi connectivity index (χ0) is 20.1. The van der Waals surface area contributed by atoms with E-state index in [-0.39, 0.29) is 11.5 Å². The Kier molecular flexibility index (Phi) is 5.91. The van der Waals surface area contributed by atoms with Gasteiger partial charge in [-0.2, -0.15) is 0 Å². The minimum Gasteiger partial charge on any atom is -0.465 e. The number of ether oxygens (including phenoxy) is 1. The maximum atomic E-state index is 12.7. The third-order valence-electron chi connectivity index (χ3n) is 4.15. The predicted octanol–water partition coefficient (Wildman–Crippen LogP) is 4.54. The van der Waals surface area contributed by atoms with Crippen LogP contribution in [0.3, 0.4) is 0 Å². The van der Waals surface area contributed by atoms with Gasteiger partial charge in [-0.25, -0.2) is 4.79 Å². The highest BCUT2D eigenvalue weighted by Gasteiger charge is 2.14. The molecule has 0 atom stereocenters. The van der Waals surface area contributed by atoms with E-state index in [2.05, 4.69) is 10.3 Å². The number of carbonyl (C=O) groups excluding carboxylic acids is 2. The summed E-state index contributed by atoms with van der Waals surface area (Å²) in [6.45, 7) is 0. The number of halogens is 1. The Hall–Kier alpha value is -3.38. The number of nitrogens with one attached hydrogen (secondary N) is 1. The largest absolute Gasteiger partial charge is 0.465 e. The fourth-order valence-electron chi connectivity index (χ4n) is 2.60. The molecule has 0 aliphatic heterocycles. The minimum absolute atomic E-state index is 0.290. The number of para-hydroxylation sites is 1. The Morgan fingerprint density at radius 2 is 1.75 bits per heavy atom. The zero-order valence-electron chi connectivity index (χ0n) is 15.3. The lowest BCUT2D eigenvalue weighted by Gasteiger charge is -2.19. The van der Waals surface area contributed by atoms with Crippen LogP contribution in [-0.2, 0) is 4.74 Å². The van der Waals surface area contributed by atoms with Crippen LogP contribution in [0.4, 0.5) is 17.1 Å². The van der Waals surface area contributed by atoms with E-state index in [1.165, 1.54) is 31.5 Å². The molecule has 0 fully saturated rings. The lowest BCUT2D eigenvalue weighted by Crippen LogP contribution is -2.15.